The maximum absolute atomic E-state index is 8.59. The van der Waals surface area contributed by atoms with Crippen LogP contribution in [-0.2, 0) is 6.42 Å². The summed E-state index contributed by atoms with van der Waals surface area (Å²) in [7, 11) is 0. The summed E-state index contributed by atoms with van der Waals surface area (Å²) >= 11 is 18.2. The van der Waals surface area contributed by atoms with Crippen molar-refractivity contribution in [2.24, 2.45) is 0 Å². The molecular weight excluding hydrogens is 291 g/mol. The van der Waals surface area contributed by atoms with Gasteiger partial charge in [-0.15, -0.1) is 0 Å². The van der Waals surface area contributed by atoms with E-state index in [0.29, 0.717) is 32.7 Å². The molecule has 18 heavy (non-hydrogen) atoms. The lowest BCUT2D eigenvalue weighted by Crippen LogP contribution is -1.89. The zero-order valence-corrected chi connectivity index (χ0v) is 11.4. The van der Waals surface area contributed by atoms with Gasteiger partial charge in [0.1, 0.15) is 0 Å². The van der Waals surface area contributed by atoms with Crippen LogP contribution in [0.5, 0.6) is 0 Å². The maximum atomic E-state index is 8.59. The Balaban J connectivity index is 2.49. The summed E-state index contributed by atoms with van der Waals surface area (Å²) in [6.07, 6.45) is 1.95. The largest absolute Gasteiger partial charge is 0.256 e. The predicted molar refractivity (Wildman–Crippen MR) is 74.0 cm³/mol. The molecule has 0 atom stereocenters. The minimum Gasteiger partial charge on any atom is -0.256 e. The van der Waals surface area contributed by atoms with E-state index < -0.39 is 0 Å². The molecule has 0 radical (unpaired) electrons. The molecule has 0 aliphatic rings. The molecule has 0 aliphatic heterocycles. The lowest BCUT2D eigenvalue weighted by Gasteiger charge is -2.08. The van der Waals surface area contributed by atoms with Crippen LogP contribution in [0.25, 0.3) is 11.3 Å². The SMILES string of the molecule is N#CCc1ccc(-c2c(Cl)ccc(Cl)c2Cl)nc1. The second-order valence-corrected chi connectivity index (χ2v) is 4.80. The van der Waals surface area contributed by atoms with Gasteiger partial charge in [-0.3, -0.25) is 4.98 Å². The quantitative estimate of drug-likeness (QED) is 0.748. The van der Waals surface area contributed by atoms with Crippen molar-refractivity contribution in [2.75, 3.05) is 0 Å². The van der Waals surface area contributed by atoms with E-state index in [1.54, 1.807) is 24.4 Å². The molecule has 2 nitrogen and oxygen atoms in total. The Labute approximate surface area is 120 Å². The van der Waals surface area contributed by atoms with Crippen molar-refractivity contribution in [1.82, 2.24) is 4.98 Å². The second-order valence-electron chi connectivity index (χ2n) is 3.60. The molecule has 0 saturated carbocycles. The third-order valence-corrected chi connectivity index (χ3v) is 3.53. The van der Waals surface area contributed by atoms with E-state index in [0.717, 1.165) is 5.56 Å². The van der Waals surface area contributed by atoms with Crippen molar-refractivity contribution in [2.45, 2.75) is 6.42 Å². The number of pyridine rings is 1. The van der Waals surface area contributed by atoms with Gasteiger partial charge in [0.25, 0.3) is 0 Å². The molecule has 1 aromatic heterocycles. The number of hydrogen-bond donors (Lipinski definition) is 0. The number of benzene rings is 1. The van der Waals surface area contributed by atoms with Crippen LogP contribution >= 0.6 is 34.8 Å². The second kappa shape index (κ2) is 5.58. The summed E-state index contributed by atoms with van der Waals surface area (Å²) < 4.78 is 0. The molecule has 0 unspecified atom stereocenters. The molecule has 0 spiro atoms. The summed E-state index contributed by atoms with van der Waals surface area (Å²) in [4.78, 5) is 4.25. The van der Waals surface area contributed by atoms with Crippen molar-refractivity contribution >= 4 is 34.8 Å². The zero-order valence-electron chi connectivity index (χ0n) is 9.12. The van der Waals surface area contributed by atoms with Crippen molar-refractivity contribution in [3.63, 3.8) is 0 Å². The van der Waals surface area contributed by atoms with E-state index in [2.05, 4.69) is 11.1 Å². The smallest absolute Gasteiger partial charge is 0.0732 e. The van der Waals surface area contributed by atoms with Crippen LogP contribution in [0.3, 0.4) is 0 Å². The topological polar surface area (TPSA) is 36.7 Å². The van der Waals surface area contributed by atoms with Crippen LogP contribution in [0.2, 0.25) is 15.1 Å². The van der Waals surface area contributed by atoms with E-state index in [1.807, 2.05) is 6.07 Å². The van der Waals surface area contributed by atoms with Crippen LogP contribution in [-0.4, -0.2) is 4.98 Å². The summed E-state index contributed by atoms with van der Waals surface area (Å²) in [5.74, 6) is 0. The van der Waals surface area contributed by atoms with E-state index in [9.17, 15) is 0 Å². The zero-order chi connectivity index (χ0) is 13.1. The normalized spacial score (nSPS) is 10.1. The predicted octanol–water partition coefficient (Wildman–Crippen LogP) is 4.77. The minimum absolute atomic E-state index is 0.324. The van der Waals surface area contributed by atoms with E-state index in [4.69, 9.17) is 40.1 Å². The lowest BCUT2D eigenvalue weighted by atomic mass is 10.1. The van der Waals surface area contributed by atoms with E-state index >= 15 is 0 Å². The molecule has 2 rings (SSSR count). The van der Waals surface area contributed by atoms with Gasteiger partial charge in [-0.2, -0.15) is 5.26 Å². The first kappa shape index (κ1) is 13.2. The van der Waals surface area contributed by atoms with Gasteiger partial charge in [0, 0.05) is 11.8 Å². The summed E-state index contributed by atoms with van der Waals surface area (Å²) in [6, 6.07) is 8.97. The Morgan fingerprint density at radius 2 is 1.78 bits per heavy atom. The summed E-state index contributed by atoms with van der Waals surface area (Å²) in [6.45, 7) is 0. The Bertz CT molecular complexity index is 615. The van der Waals surface area contributed by atoms with Gasteiger partial charge in [0.15, 0.2) is 0 Å². The van der Waals surface area contributed by atoms with Crippen LogP contribution in [0.4, 0.5) is 0 Å². The molecule has 1 aromatic carbocycles. The van der Waals surface area contributed by atoms with Crippen molar-refractivity contribution in [3.05, 3.63) is 51.1 Å². The Morgan fingerprint density at radius 3 is 2.39 bits per heavy atom. The Morgan fingerprint density at radius 1 is 1.06 bits per heavy atom. The van der Waals surface area contributed by atoms with Crippen LogP contribution in [0, 0.1) is 11.3 Å². The van der Waals surface area contributed by atoms with Crippen molar-refractivity contribution in [1.29, 1.82) is 5.26 Å². The number of nitriles is 1. The molecule has 0 N–H and O–H groups in total. The van der Waals surface area contributed by atoms with Crippen molar-refractivity contribution in [3.8, 4) is 17.3 Å². The highest BCUT2D eigenvalue weighted by molar-refractivity contribution is 6.46. The molecule has 0 aliphatic carbocycles. The van der Waals surface area contributed by atoms with Crippen LogP contribution in [0.15, 0.2) is 30.5 Å². The standard InChI is InChI=1S/C13H7Cl3N2/c14-9-2-3-10(15)13(16)12(9)11-4-1-8(5-6-17)7-18-11/h1-4,7H,5H2. The minimum atomic E-state index is 0.324. The molecule has 0 bridgehead atoms. The third kappa shape index (κ3) is 2.59. The molecule has 90 valence electrons. The average Bonchev–Trinajstić information content (AvgIpc) is 2.37. The van der Waals surface area contributed by atoms with Gasteiger partial charge in [0.05, 0.1) is 33.3 Å². The average molecular weight is 298 g/mol. The highest BCUT2D eigenvalue weighted by Gasteiger charge is 2.12. The first-order valence-electron chi connectivity index (χ1n) is 5.09. The summed E-state index contributed by atoms with van der Waals surface area (Å²) in [5, 5.41) is 9.89. The van der Waals surface area contributed by atoms with Gasteiger partial charge >= 0.3 is 0 Å². The fourth-order valence-corrected chi connectivity index (χ4v) is 2.25. The first-order valence-corrected chi connectivity index (χ1v) is 6.22. The molecule has 2 aromatic rings. The van der Waals surface area contributed by atoms with Gasteiger partial charge in [-0.05, 0) is 23.8 Å². The molecular formula is C13H7Cl3N2. The fourth-order valence-electron chi connectivity index (χ4n) is 1.53. The Hall–Kier alpha value is -1.27. The molecule has 1 heterocycles. The number of halogens is 3. The first-order chi connectivity index (χ1) is 8.63. The third-order valence-electron chi connectivity index (χ3n) is 2.41. The number of aromatic nitrogens is 1. The van der Waals surface area contributed by atoms with E-state index in [1.165, 1.54) is 0 Å². The molecule has 0 saturated heterocycles. The molecule has 0 amide bonds. The fraction of sp³-hybridized carbons (Fsp3) is 0.0769. The van der Waals surface area contributed by atoms with Crippen LogP contribution in [0.1, 0.15) is 5.56 Å². The Kier molecular flexibility index (Phi) is 4.08. The highest BCUT2D eigenvalue weighted by atomic mass is 35.5. The summed E-state index contributed by atoms with van der Waals surface area (Å²) in [5.41, 5.74) is 2.08. The number of hydrogen-bond acceptors (Lipinski definition) is 2. The molecule has 5 heteroatoms. The van der Waals surface area contributed by atoms with Gasteiger partial charge < -0.3 is 0 Å². The lowest BCUT2D eigenvalue weighted by molar-refractivity contribution is 1.19. The number of nitrogens with zero attached hydrogens (tertiary/aromatic N) is 2. The van der Waals surface area contributed by atoms with Crippen LogP contribution < -0.4 is 0 Å². The molecule has 0 fully saturated rings. The number of rotatable bonds is 2. The van der Waals surface area contributed by atoms with Crippen molar-refractivity contribution < 1.29 is 0 Å². The van der Waals surface area contributed by atoms with Gasteiger partial charge in [-0.25, -0.2) is 0 Å². The van der Waals surface area contributed by atoms with Gasteiger partial charge in [0.2, 0.25) is 0 Å². The highest BCUT2D eigenvalue weighted by Crippen LogP contribution is 2.38. The monoisotopic (exact) mass is 296 g/mol. The van der Waals surface area contributed by atoms with Gasteiger partial charge in [-0.1, -0.05) is 40.9 Å². The van der Waals surface area contributed by atoms with E-state index in [-0.39, 0.29) is 0 Å². The maximum Gasteiger partial charge on any atom is 0.0732 e.